The maximum Gasteiger partial charge on any atom is 0.250 e. The van der Waals surface area contributed by atoms with E-state index in [0.29, 0.717) is 36.1 Å². The van der Waals surface area contributed by atoms with Crippen molar-refractivity contribution in [1.82, 2.24) is 4.98 Å². The Bertz CT molecular complexity index is 1340. The van der Waals surface area contributed by atoms with Gasteiger partial charge in [-0.3, -0.25) is 14.6 Å². The van der Waals surface area contributed by atoms with Gasteiger partial charge < -0.3 is 26.2 Å². The van der Waals surface area contributed by atoms with E-state index in [4.69, 9.17) is 5.73 Å². The van der Waals surface area contributed by atoms with Crippen molar-refractivity contribution < 1.29 is 30.0 Å². The first-order chi connectivity index (χ1) is 17.1. The van der Waals surface area contributed by atoms with Crippen LogP contribution in [0.3, 0.4) is 0 Å². The molecule has 1 heterocycles. The third kappa shape index (κ3) is 3.43. The van der Waals surface area contributed by atoms with E-state index < -0.39 is 29.1 Å². The molecule has 2 aromatic rings. The molecule has 0 fully saturated rings. The average Bonchev–Trinajstić information content (AvgIpc) is 2.80. The summed E-state index contributed by atoms with van der Waals surface area (Å²) in [5.41, 5.74) is 6.21. The smallest absolute Gasteiger partial charge is 0.250 e. The molecule has 0 saturated heterocycles. The molecule has 8 heteroatoms. The van der Waals surface area contributed by atoms with Gasteiger partial charge in [-0.25, -0.2) is 0 Å². The molecular formula is C28H30N2O6. The minimum atomic E-state index is -1.95. The largest absolute Gasteiger partial charge is 0.512 e. The third-order valence-corrected chi connectivity index (χ3v) is 8.01. The molecule has 4 atom stereocenters. The molecule has 6 N–H and O–H groups in total. The van der Waals surface area contributed by atoms with Gasteiger partial charge in [0.1, 0.15) is 22.9 Å². The first-order valence-corrected chi connectivity index (χ1v) is 12.3. The first kappa shape index (κ1) is 24.1. The van der Waals surface area contributed by atoms with Gasteiger partial charge in [0, 0.05) is 23.8 Å². The Morgan fingerprint density at radius 3 is 2.61 bits per heavy atom. The molecule has 0 aliphatic heterocycles. The summed E-state index contributed by atoms with van der Waals surface area (Å²) in [6.45, 7) is 3.31. The number of allylic oxidation sites excluding steroid dienone is 2. The fourth-order valence-electron chi connectivity index (χ4n) is 6.64. The van der Waals surface area contributed by atoms with E-state index in [-0.39, 0.29) is 46.3 Å². The topological polar surface area (TPSA) is 154 Å². The van der Waals surface area contributed by atoms with Gasteiger partial charge in [-0.1, -0.05) is 19.4 Å². The lowest BCUT2D eigenvalue weighted by Crippen LogP contribution is -2.52. The number of primary amides is 1. The minimum absolute atomic E-state index is 0.0573. The molecule has 5 rings (SSSR count). The predicted molar refractivity (Wildman–Crippen MR) is 132 cm³/mol. The molecule has 188 valence electrons. The molecule has 0 spiro atoms. The van der Waals surface area contributed by atoms with Crippen LogP contribution in [0.4, 0.5) is 0 Å². The summed E-state index contributed by atoms with van der Waals surface area (Å²) in [6, 6.07) is 7.43. The average molecular weight is 491 g/mol. The van der Waals surface area contributed by atoms with Gasteiger partial charge in [0.05, 0.1) is 22.7 Å². The Labute approximate surface area is 208 Å². The Kier molecular flexibility index (Phi) is 5.67. The van der Waals surface area contributed by atoms with Gasteiger partial charge in [-0.2, -0.15) is 0 Å². The number of aliphatic hydroxyl groups is 3. The van der Waals surface area contributed by atoms with Crippen molar-refractivity contribution >= 4 is 11.7 Å². The van der Waals surface area contributed by atoms with Crippen molar-refractivity contribution in [2.24, 2.45) is 23.5 Å². The minimum Gasteiger partial charge on any atom is -0.512 e. The second kappa shape index (κ2) is 8.48. The number of amides is 1. The number of nitrogens with two attached hydrogens (primary N) is 1. The van der Waals surface area contributed by atoms with Crippen molar-refractivity contribution in [3.05, 3.63) is 69.8 Å². The van der Waals surface area contributed by atoms with Gasteiger partial charge >= 0.3 is 0 Å². The zero-order chi connectivity index (χ0) is 25.9. The number of ketones is 1. The maximum atomic E-state index is 14.0. The fourth-order valence-corrected chi connectivity index (χ4v) is 6.64. The summed E-state index contributed by atoms with van der Waals surface area (Å²) in [4.78, 5) is 30.5. The van der Waals surface area contributed by atoms with Crippen LogP contribution in [0, 0.1) is 17.8 Å². The highest BCUT2D eigenvalue weighted by Crippen LogP contribution is 2.54. The number of benzene rings is 1. The molecule has 1 aromatic heterocycles. The van der Waals surface area contributed by atoms with E-state index in [0.717, 1.165) is 12.0 Å². The molecule has 4 unspecified atom stereocenters. The number of carbonyl (C=O) groups is 2. The lowest BCUT2D eigenvalue weighted by molar-refractivity contribution is -0.119. The quantitative estimate of drug-likeness (QED) is 0.438. The van der Waals surface area contributed by atoms with Crippen molar-refractivity contribution in [2.45, 2.75) is 51.6 Å². The van der Waals surface area contributed by atoms with Gasteiger partial charge in [0.25, 0.3) is 5.91 Å². The molecule has 8 nitrogen and oxygen atoms in total. The number of aryl methyl sites for hydroxylation is 1. The molecule has 0 bridgehead atoms. The third-order valence-electron chi connectivity index (χ3n) is 8.01. The van der Waals surface area contributed by atoms with E-state index in [1.165, 1.54) is 6.92 Å². The van der Waals surface area contributed by atoms with Crippen LogP contribution in [0.1, 0.15) is 54.6 Å². The molecule has 3 aliphatic rings. The number of phenolic OH excluding ortho intramolecular Hbond substituents is 1. The number of aromatic hydroxyl groups is 1. The number of Topliss-reactive ketones (excluding diaryl/α,β-unsaturated/α-hetero) is 1. The van der Waals surface area contributed by atoms with Gasteiger partial charge in [-0.05, 0) is 67.3 Å². The summed E-state index contributed by atoms with van der Waals surface area (Å²) >= 11 is 0. The van der Waals surface area contributed by atoms with E-state index in [9.17, 15) is 30.0 Å². The van der Waals surface area contributed by atoms with E-state index in [1.807, 2.05) is 31.2 Å². The van der Waals surface area contributed by atoms with E-state index in [1.54, 1.807) is 6.20 Å². The molecule has 36 heavy (non-hydrogen) atoms. The van der Waals surface area contributed by atoms with Crippen LogP contribution in [-0.4, -0.2) is 42.7 Å². The zero-order valence-electron chi connectivity index (χ0n) is 20.3. The van der Waals surface area contributed by atoms with Crippen molar-refractivity contribution in [1.29, 1.82) is 0 Å². The van der Waals surface area contributed by atoms with Crippen molar-refractivity contribution in [3.8, 4) is 17.0 Å². The Hall–Kier alpha value is -3.65. The number of carbonyl (C=O) groups excluding carboxylic acids is 2. The van der Waals surface area contributed by atoms with Gasteiger partial charge in [-0.15, -0.1) is 0 Å². The Morgan fingerprint density at radius 2 is 1.97 bits per heavy atom. The predicted octanol–water partition coefficient (Wildman–Crippen LogP) is 3.66. The summed E-state index contributed by atoms with van der Waals surface area (Å²) in [7, 11) is 0. The lowest BCUT2D eigenvalue weighted by Gasteiger charge is -2.48. The van der Waals surface area contributed by atoms with Crippen LogP contribution in [0.15, 0.2) is 53.1 Å². The number of aliphatic hydroxyl groups excluding tert-OH is 2. The second-order valence-electron chi connectivity index (χ2n) is 10.3. The number of aromatic nitrogens is 1. The first-order valence-electron chi connectivity index (χ1n) is 12.3. The summed E-state index contributed by atoms with van der Waals surface area (Å²) in [5.74, 6) is -3.92. The molecular weight excluding hydrogens is 460 g/mol. The summed E-state index contributed by atoms with van der Waals surface area (Å²) in [6.07, 6.45) is 3.84. The van der Waals surface area contributed by atoms with Crippen LogP contribution < -0.4 is 5.73 Å². The van der Waals surface area contributed by atoms with Crippen LogP contribution in [0.2, 0.25) is 0 Å². The van der Waals surface area contributed by atoms with Crippen LogP contribution >= 0.6 is 0 Å². The Morgan fingerprint density at radius 1 is 1.22 bits per heavy atom. The highest BCUT2D eigenvalue weighted by atomic mass is 16.3. The lowest BCUT2D eigenvalue weighted by atomic mass is 9.58. The second-order valence-corrected chi connectivity index (χ2v) is 10.3. The van der Waals surface area contributed by atoms with Crippen LogP contribution in [0.25, 0.3) is 11.3 Å². The Balaban J connectivity index is 1.71. The molecule has 0 saturated carbocycles. The molecule has 0 radical (unpaired) electrons. The van der Waals surface area contributed by atoms with Crippen LogP contribution in [0.5, 0.6) is 5.75 Å². The number of fused-ring (bicyclic) bond motifs is 3. The van der Waals surface area contributed by atoms with Gasteiger partial charge in [0.2, 0.25) is 0 Å². The zero-order valence-corrected chi connectivity index (χ0v) is 20.3. The normalized spacial score (nSPS) is 27.4. The number of hydrogen-bond donors (Lipinski definition) is 5. The monoisotopic (exact) mass is 490 g/mol. The number of nitrogens with zero attached hydrogens (tertiary/aromatic N) is 1. The highest BCUT2D eigenvalue weighted by Gasteiger charge is 2.55. The number of hydrogen-bond acceptors (Lipinski definition) is 7. The highest BCUT2D eigenvalue weighted by molar-refractivity contribution is 6.14. The standard InChI is InChI=1S/C28H30N2O6/c1-3-6-13-10-16(18-7-4-5-8-30-18)17-11-14-9-15-12-19(31)23(27(29)35)28(2,36)22(15)26(34)20(14)25(33)21(17)24(13)32/h4-5,7-8,10,14-15,22,31-32,34,36H,3,6,9,11-12H2,1-2H3,(H2,29,35). The molecule has 1 aromatic carbocycles. The van der Waals surface area contributed by atoms with Crippen molar-refractivity contribution in [2.75, 3.05) is 0 Å². The number of rotatable bonds is 4. The van der Waals surface area contributed by atoms with Crippen LogP contribution in [-0.2, 0) is 17.6 Å². The van der Waals surface area contributed by atoms with Gasteiger partial charge in [0.15, 0.2) is 5.78 Å². The number of phenols is 1. The summed E-state index contributed by atoms with van der Waals surface area (Å²) < 4.78 is 0. The van der Waals surface area contributed by atoms with Crippen molar-refractivity contribution in [3.63, 3.8) is 0 Å². The molecule has 3 aliphatic carbocycles. The maximum absolute atomic E-state index is 14.0. The number of pyridine rings is 1. The fraction of sp³-hybridized carbons (Fsp3) is 0.393. The summed E-state index contributed by atoms with van der Waals surface area (Å²) in [5, 5.41) is 44.4. The van der Waals surface area contributed by atoms with E-state index >= 15 is 0 Å². The SMILES string of the molecule is CCCc1cc(-c2ccccn2)c2c(c1O)C(=O)C1=C(O)C3C(CC(O)=C(C(N)=O)C3(C)O)CC1C2. The molecule has 1 amide bonds. The van der Waals surface area contributed by atoms with E-state index in [2.05, 4.69) is 4.98 Å².